The molecule has 0 saturated carbocycles. The van der Waals surface area contributed by atoms with Crippen molar-refractivity contribution in [1.29, 1.82) is 0 Å². The minimum Gasteiger partial charge on any atom is -0.496 e. The lowest BCUT2D eigenvalue weighted by molar-refractivity contribution is 0.0947. The maximum absolute atomic E-state index is 12.2. The fourth-order valence-corrected chi connectivity index (χ4v) is 2.73. The van der Waals surface area contributed by atoms with Crippen LogP contribution in [0.2, 0.25) is 0 Å². The van der Waals surface area contributed by atoms with Crippen LogP contribution in [0.1, 0.15) is 21.2 Å². The van der Waals surface area contributed by atoms with E-state index in [0.29, 0.717) is 22.8 Å². The second-order valence-electron chi connectivity index (χ2n) is 4.32. The van der Waals surface area contributed by atoms with Crippen molar-refractivity contribution in [2.45, 2.75) is 13.5 Å². The number of hydrogen-bond donors (Lipinski definition) is 1. The number of rotatable bonds is 4. The summed E-state index contributed by atoms with van der Waals surface area (Å²) in [4.78, 5) is 12.9. The van der Waals surface area contributed by atoms with Crippen LogP contribution in [-0.4, -0.2) is 32.8 Å². The van der Waals surface area contributed by atoms with Gasteiger partial charge in [-0.25, -0.2) is 0 Å². The number of nitrogens with one attached hydrogen (secondary N) is 1. The lowest BCUT2D eigenvalue weighted by atomic mass is 10.2. The van der Waals surface area contributed by atoms with Gasteiger partial charge in [-0.05, 0) is 19.1 Å². The van der Waals surface area contributed by atoms with E-state index in [-0.39, 0.29) is 5.91 Å². The van der Waals surface area contributed by atoms with E-state index >= 15 is 0 Å². The zero-order chi connectivity index (χ0) is 14.8. The Morgan fingerprint density at radius 3 is 2.95 bits per heavy atom. The van der Waals surface area contributed by atoms with Crippen LogP contribution in [-0.2, 0) is 6.54 Å². The van der Waals surface area contributed by atoms with Crippen molar-refractivity contribution in [3.8, 4) is 5.75 Å². The highest BCUT2D eigenvalue weighted by molar-refractivity contribution is 7.16. The van der Waals surface area contributed by atoms with Gasteiger partial charge in [0.1, 0.15) is 10.8 Å². The van der Waals surface area contributed by atoms with Gasteiger partial charge in [0.2, 0.25) is 4.96 Å². The van der Waals surface area contributed by atoms with E-state index < -0.39 is 0 Å². The number of amides is 1. The quantitative estimate of drug-likeness (QED) is 0.788. The Morgan fingerprint density at radius 2 is 2.19 bits per heavy atom. The number of para-hydroxylation sites is 1. The van der Waals surface area contributed by atoms with E-state index in [0.717, 1.165) is 10.8 Å². The molecule has 2 heterocycles. The van der Waals surface area contributed by atoms with E-state index in [1.165, 1.54) is 18.4 Å². The minimum atomic E-state index is -0.199. The largest absolute Gasteiger partial charge is 0.496 e. The van der Waals surface area contributed by atoms with Gasteiger partial charge in [-0.2, -0.15) is 9.61 Å². The van der Waals surface area contributed by atoms with E-state index in [2.05, 4.69) is 20.6 Å². The number of hydrogen-bond acceptors (Lipinski definition) is 6. The molecule has 1 amide bonds. The van der Waals surface area contributed by atoms with Crippen molar-refractivity contribution in [2.75, 3.05) is 7.11 Å². The molecule has 7 nitrogen and oxygen atoms in total. The first-order valence-corrected chi connectivity index (χ1v) is 7.09. The van der Waals surface area contributed by atoms with Crippen LogP contribution in [0, 0.1) is 6.92 Å². The summed E-state index contributed by atoms with van der Waals surface area (Å²) in [5.74, 6) is 1.07. The topological polar surface area (TPSA) is 81.4 Å². The normalized spacial score (nSPS) is 10.8. The first-order valence-electron chi connectivity index (χ1n) is 6.28. The number of aromatic nitrogens is 4. The Kier molecular flexibility index (Phi) is 3.53. The minimum absolute atomic E-state index is 0.199. The molecule has 0 aliphatic heterocycles. The van der Waals surface area contributed by atoms with Crippen molar-refractivity contribution >= 4 is 22.2 Å². The average Bonchev–Trinajstić information content (AvgIpc) is 3.07. The molecule has 0 radical (unpaired) electrons. The standard InChI is InChI=1S/C13H13N5O2S/c1-8-15-16-13-18(8)17-11(21-13)7-14-12(19)9-5-3-4-6-10(9)20-2/h3-6H,7H2,1-2H3,(H,14,19). The van der Waals surface area contributed by atoms with Crippen molar-refractivity contribution in [3.63, 3.8) is 0 Å². The Labute approximate surface area is 124 Å². The van der Waals surface area contributed by atoms with Gasteiger partial charge in [-0.3, -0.25) is 4.79 Å². The number of carbonyl (C=O) groups excluding carboxylic acids is 1. The van der Waals surface area contributed by atoms with Crippen molar-refractivity contribution in [1.82, 2.24) is 25.1 Å². The number of benzene rings is 1. The summed E-state index contributed by atoms with van der Waals surface area (Å²) in [6, 6.07) is 7.09. The van der Waals surface area contributed by atoms with Gasteiger partial charge < -0.3 is 10.1 Å². The first kappa shape index (κ1) is 13.5. The highest BCUT2D eigenvalue weighted by Gasteiger charge is 2.13. The second kappa shape index (κ2) is 5.49. The maximum atomic E-state index is 12.2. The highest BCUT2D eigenvalue weighted by atomic mass is 32.1. The van der Waals surface area contributed by atoms with Crippen LogP contribution in [0.5, 0.6) is 5.75 Å². The molecule has 0 unspecified atom stereocenters. The summed E-state index contributed by atoms with van der Waals surface area (Å²) in [6.07, 6.45) is 0. The van der Waals surface area contributed by atoms with E-state index in [4.69, 9.17) is 4.74 Å². The molecule has 0 spiro atoms. The van der Waals surface area contributed by atoms with Crippen molar-refractivity contribution < 1.29 is 9.53 Å². The molecular formula is C13H13N5O2S. The molecule has 3 aromatic rings. The first-order chi connectivity index (χ1) is 10.2. The van der Waals surface area contributed by atoms with Gasteiger partial charge in [0, 0.05) is 0 Å². The van der Waals surface area contributed by atoms with E-state index in [1.807, 2.05) is 13.0 Å². The lowest BCUT2D eigenvalue weighted by Gasteiger charge is -2.07. The molecule has 1 aromatic carbocycles. The van der Waals surface area contributed by atoms with Gasteiger partial charge >= 0.3 is 0 Å². The summed E-state index contributed by atoms with van der Waals surface area (Å²) >= 11 is 1.40. The molecular weight excluding hydrogens is 290 g/mol. The number of nitrogens with zero attached hydrogens (tertiary/aromatic N) is 4. The summed E-state index contributed by atoms with van der Waals surface area (Å²) < 4.78 is 6.84. The Balaban J connectivity index is 1.73. The number of carbonyl (C=O) groups is 1. The molecule has 0 aliphatic rings. The zero-order valence-corrected chi connectivity index (χ0v) is 12.3. The van der Waals surface area contributed by atoms with Gasteiger partial charge in [0.05, 0.1) is 19.2 Å². The van der Waals surface area contributed by atoms with Gasteiger partial charge in [0.25, 0.3) is 5.91 Å². The predicted octanol–water partition coefficient (Wildman–Crippen LogP) is 1.43. The van der Waals surface area contributed by atoms with Crippen LogP contribution >= 0.6 is 11.3 Å². The molecule has 0 fully saturated rings. The third-order valence-corrected chi connectivity index (χ3v) is 3.84. The molecule has 108 valence electrons. The Hall–Kier alpha value is -2.48. The van der Waals surface area contributed by atoms with Crippen LogP contribution < -0.4 is 10.1 Å². The van der Waals surface area contributed by atoms with Crippen LogP contribution in [0.25, 0.3) is 4.96 Å². The molecule has 0 aliphatic carbocycles. The van der Waals surface area contributed by atoms with E-state index in [9.17, 15) is 4.79 Å². The van der Waals surface area contributed by atoms with Crippen LogP contribution in [0.15, 0.2) is 24.3 Å². The zero-order valence-electron chi connectivity index (χ0n) is 11.5. The molecule has 0 atom stereocenters. The average molecular weight is 303 g/mol. The third-order valence-electron chi connectivity index (χ3n) is 2.94. The monoisotopic (exact) mass is 303 g/mol. The Bertz CT molecular complexity index is 795. The molecule has 0 saturated heterocycles. The number of methoxy groups -OCH3 is 1. The molecule has 0 bridgehead atoms. The van der Waals surface area contributed by atoms with Gasteiger partial charge in [0.15, 0.2) is 5.82 Å². The molecule has 2 aromatic heterocycles. The fraction of sp³-hybridized carbons (Fsp3) is 0.231. The molecule has 3 rings (SSSR count). The SMILES string of the molecule is COc1ccccc1C(=O)NCc1nn2c(C)nnc2s1. The van der Waals surface area contributed by atoms with Crippen molar-refractivity contribution in [2.24, 2.45) is 0 Å². The van der Waals surface area contributed by atoms with Crippen LogP contribution in [0.4, 0.5) is 0 Å². The van der Waals surface area contributed by atoms with Gasteiger partial charge in [-0.1, -0.05) is 23.5 Å². The van der Waals surface area contributed by atoms with Gasteiger partial charge in [-0.15, -0.1) is 10.2 Å². The number of fused-ring (bicyclic) bond motifs is 1. The summed E-state index contributed by atoms with van der Waals surface area (Å²) in [5, 5.41) is 15.8. The fourth-order valence-electron chi connectivity index (χ4n) is 1.91. The summed E-state index contributed by atoms with van der Waals surface area (Å²) in [5.41, 5.74) is 0.499. The lowest BCUT2D eigenvalue weighted by Crippen LogP contribution is -2.23. The number of ether oxygens (including phenoxy) is 1. The molecule has 1 N–H and O–H groups in total. The molecule has 8 heteroatoms. The van der Waals surface area contributed by atoms with Crippen LogP contribution in [0.3, 0.4) is 0 Å². The van der Waals surface area contributed by atoms with Crippen molar-refractivity contribution in [3.05, 3.63) is 40.7 Å². The highest BCUT2D eigenvalue weighted by Crippen LogP contribution is 2.18. The predicted molar refractivity (Wildman–Crippen MR) is 77.6 cm³/mol. The smallest absolute Gasteiger partial charge is 0.255 e. The number of aryl methyl sites for hydroxylation is 1. The third kappa shape index (κ3) is 2.57. The Morgan fingerprint density at radius 1 is 1.38 bits per heavy atom. The second-order valence-corrected chi connectivity index (χ2v) is 5.36. The van der Waals surface area contributed by atoms with E-state index in [1.54, 1.807) is 22.7 Å². The summed E-state index contributed by atoms with van der Waals surface area (Å²) in [7, 11) is 1.54. The molecule has 21 heavy (non-hydrogen) atoms. The summed E-state index contributed by atoms with van der Waals surface area (Å²) in [6.45, 7) is 2.17. The maximum Gasteiger partial charge on any atom is 0.255 e.